The molecule has 0 aromatic heterocycles. The van der Waals surface area contributed by atoms with Gasteiger partial charge in [-0.3, -0.25) is 9.59 Å². The molecule has 29 heavy (non-hydrogen) atoms. The Hall–Kier alpha value is -3.38. The number of benzene rings is 3. The number of halogens is 2. The second-order valence-electron chi connectivity index (χ2n) is 7.01. The van der Waals surface area contributed by atoms with Gasteiger partial charge in [-0.2, -0.15) is 0 Å². The van der Waals surface area contributed by atoms with Crippen LogP contribution < -0.4 is 4.90 Å². The second-order valence-corrected chi connectivity index (χ2v) is 7.01. The van der Waals surface area contributed by atoms with Crippen molar-refractivity contribution in [3.63, 3.8) is 0 Å². The molecule has 0 bridgehead atoms. The van der Waals surface area contributed by atoms with Crippen LogP contribution in [0.3, 0.4) is 0 Å². The summed E-state index contributed by atoms with van der Waals surface area (Å²) in [5, 5.41) is 11.2. The summed E-state index contributed by atoms with van der Waals surface area (Å²) in [6, 6.07) is 17.4. The Kier molecular flexibility index (Phi) is 4.72. The van der Waals surface area contributed by atoms with E-state index in [-0.39, 0.29) is 12.1 Å². The number of carbonyl (C=O) groups excluding carboxylic acids is 2. The quantitative estimate of drug-likeness (QED) is 0.668. The van der Waals surface area contributed by atoms with E-state index in [4.69, 9.17) is 0 Å². The first-order chi connectivity index (χ1) is 13.9. The van der Waals surface area contributed by atoms with Gasteiger partial charge in [-0.1, -0.05) is 30.3 Å². The summed E-state index contributed by atoms with van der Waals surface area (Å²) in [6.07, 6.45) is -0.478. The molecule has 0 saturated carbocycles. The zero-order valence-electron chi connectivity index (χ0n) is 15.3. The Morgan fingerprint density at radius 2 is 1.66 bits per heavy atom. The van der Waals surface area contributed by atoms with Crippen molar-refractivity contribution in [2.24, 2.45) is 0 Å². The van der Waals surface area contributed by atoms with Gasteiger partial charge in [0.15, 0.2) is 11.4 Å². The van der Waals surface area contributed by atoms with E-state index in [9.17, 15) is 23.5 Å². The van der Waals surface area contributed by atoms with Crippen molar-refractivity contribution >= 4 is 17.4 Å². The number of aliphatic hydroxyl groups is 1. The maximum atomic E-state index is 13.6. The number of Topliss-reactive ketones (excluding diaryl/α,β-unsaturated/α-hetero) is 1. The van der Waals surface area contributed by atoms with Crippen LogP contribution in [0.5, 0.6) is 0 Å². The van der Waals surface area contributed by atoms with E-state index in [2.05, 4.69) is 0 Å². The van der Waals surface area contributed by atoms with E-state index in [1.165, 1.54) is 29.2 Å². The molecular formula is C23H17F2NO3. The number of carbonyl (C=O) groups is 2. The van der Waals surface area contributed by atoms with Gasteiger partial charge in [0.25, 0.3) is 5.91 Å². The summed E-state index contributed by atoms with van der Waals surface area (Å²) in [7, 11) is 0. The number of nitrogens with zero attached hydrogens (tertiary/aromatic N) is 1. The Bertz CT molecular complexity index is 1100. The van der Waals surface area contributed by atoms with E-state index in [0.717, 1.165) is 12.1 Å². The lowest BCUT2D eigenvalue weighted by Gasteiger charge is -2.23. The molecule has 1 aliphatic rings. The Labute approximate surface area is 166 Å². The maximum Gasteiger partial charge on any atom is 0.264 e. The van der Waals surface area contributed by atoms with Crippen LogP contribution in [0.4, 0.5) is 14.5 Å². The van der Waals surface area contributed by atoms with Crippen molar-refractivity contribution in [1.82, 2.24) is 0 Å². The average Bonchev–Trinajstić information content (AvgIpc) is 2.91. The van der Waals surface area contributed by atoms with Gasteiger partial charge >= 0.3 is 0 Å². The number of fused-ring (bicyclic) bond motifs is 1. The van der Waals surface area contributed by atoms with Crippen molar-refractivity contribution in [3.05, 3.63) is 101 Å². The number of rotatable bonds is 5. The topological polar surface area (TPSA) is 57.6 Å². The van der Waals surface area contributed by atoms with Gasteiger partial charge in [0.05, 0.1) is 18.7 Å². The number of anilines is 1. The van der Waals surface area contributed by atoms with Gasteiger partial charge in [-0.05, 0) is 48.0 Å². The van der Waals surface area contributed by atoms with Gasteiger partial charge in [0.2, 0.25) is 0 Å². The standard InChI is InChI=1S/C23H17F2NO3/c24-17-10-8-16(9-11-17)21(27)13-23(29)19-6-1-2-7-20(19)26(22(23)28)14-15-4-3-5-18(25)12-15/h1-12,29H,13-14H2/t23-/m0/s1. The third-order valence-corrected chi connectivity index (χ3v) is 5.05. The fraction of sp³-hybridized carbons (Fsp3) is 0.130. The fourth-order valence-electron chi connectivity index (χ4n) is 3.62. The summed E-state index contributed by atoms with van der Waals surface area (Å²) < 4.78 is 26.7. The smallest absolute Gasteiger partial charge is 0.264 e. The molecule has 6 heteroatoms. The fourth-order valence-corrected chi connectivity index (χ4v) is 3.62. The minimum absolute atomic E-state index is 0.0562. The van der Waals surface area contributed by atoms with Gasteiger partial charge in [-0.15, -0.1) is 0 Å². The van der Waals surface area contributed by atoms with Gasteiger partial charge in [-0.25, -0.2) is 8.78 Å². The van der Waals surface area contributed by atoms with Crippen molar-refractivity contribution < 1.29 is 23.5 Å². The average molecular weight is 393 g/mol. The van der Waals surface area contributed by atoms with Crippen molar-refractivity contribution in [2.75, 3.05) is 4.90 Å². The Morgan fingerprint density at radius 1 is 0.931 bits per heavy atom. The predicted octanol–water partition coefficient (Wildman–Crippen LogP) is 3.97. The van der Waals surface area contributed by atoms with Crippen LogP contribution in [0.2, 0.25) is 0 Å². The lowest BCUT2D eigenvalue weighted by atomic mass is 9.88. The predicted molar refractivity (Wildman–Crippen MR) is 103 cm³/mol. The molecule has 146 valence electrons. The summed E-state index contributed by atoms with van der Waals surface area (Å²) in [4.78, 5) is 27.2. The van der Waals surface area contributed by atoms with E-state index >= 15 is 0 Å². The largest absolute Gasteiger partial charge is 0.375 e. The van der Waals surface area contributed by atoms with Crippen LogP contribution in [0.25, 0.3) is 0 Å². The first kappa shape index (κ1) is 19.0. The zero-order chi connectivity index (χ0) is 20.6. The van der Waals surface area contributed by atoms with Crippen molar-refractivity contribution in [2.45, 2.75) is 18.6 Å². The highest BCUT2D eigenvalue weighted by molar-refractivity contribution is 6.10. The van der Waals surface area contributed by atoms with Crippen LogP contribution in [0.15, 0.2) is 72.8 Å². The highest BCUT2D eigenvalue weighted by Crippen LogP contribution is 2.43. The molecule has 1 amide bonds. The molecule has 0 aliphatic carbocycles. The third-order valence-electron chi connectivity index (χ3n) is 5.05. The minimum atomic E-state index is -2.05. The van der Waals surface area contributed by atoms with E-state index in [1.807, 2.05) is 0 Å². The summed E-state index contributed by atoms with van der Waals surface area (Å²) >= 11 is 0. The normalized spacial score (nSPS) is 18.0. The number of para-hydroxylation sites is 1. The third kappa shape index (κ3) is 3.43. The van der Waals surface area contributed by atoms with E-state index in [0.29, 0.717) is 16.8 Å². The number of hydrogen-bond donors (Lipinski definition) is 1. The van der Waals surface area contributed by atoms with Crippen LogP contribution in [-0.4, -0.2) is 16.8 Å². The molecule has 3 aromatic carbocycles. The molecule has 1 atom stereocenters. The zero-order valence-corrected chi connectivity index (χ0v) is 15.3. The Morgan fingerprint density at radius 3 is 2.38 bits per heavy atom. The summed E-state index contributed by atoms with van der Waals surface area (Å²) in [5.74, 6) is -2.05. The second kappa shape index (κ2) is 7.22. The number of hydrogen-bond acceptors (Lipinski definition) is 3. The molecule has 4 rings (SSSR count). The monoisotopic (exact) mass is 393 g/mol. The molecule has 0 saturated heterocycles. The van der Waals surface area contributed by atoms with Crippen molar-refractivity contribution in [3.8, 4) is 0 Å². The van der Waals surface area contributed by atoms with Crippen molar-refractivity contribution in [1.29, 1.82) is 0 Å². The molecule has 1 N–H and O–H groups in total. The van der Waals surface area contributed by atoms with Gasteiger partial charge < -0.3 is 10.0 Å². The molecule has 0 spiro atoms. The lowest BCUT2D eigenvalue weighted by molar-refractivity contribution is -0.136. The number of amides is 1. The molecule has 3 aromatic rings. The Balaban J connectivity index is 1.67. The van der Waals surface area contributed by atoms with Crippen LogP contribution in [-0.2, 0) is 16.9 Å². The molecule has 0 fully saturated rings. The summed E-state index contributed by atoms with van der Waals surface area (Å²) in [6.45, 7) is 0.0562. The van der Waals surface area contributed by atoms with Gasteiger partial charge in [0.1, 0.15) is 11.6 Å². The van der Waals surface area contributed by atoms with E-state index in [1.54, 1.807) is 36.4 Å². The molecule has 0 radical (unpaired) electrons. The first-order valence-corrected chi connectivity index (χ1v) is 9.05. The lowest BCUT2D eigenvalue weighted by Crippen LogP contribution is -2.41. The molecule has 4 nitrogen and oxygen atoms in total. The van der Waals surface area contributed by atoms with Crippen LogP contribution in [0, 0.1) is 11.6 Å². The highest BCUT2D eigenvalue weighted by atomic mass is 19.1. The van der Waals surface area contributed by atoms with Gasteiger partial charge in [0, 0.05) is 11.1 Å². The highest BCUT2D eigenvalue weighted by Gasteiger charge is 2.50. The SMILES string of the molecule is O=C(C[C@@]1(O)C(=O)N(Cc2cccc(F)c2)c2ccccc21)c1ccc(F)cc1. The van der Waals surface area contributed by atoms with E-state index < -0.39 is 35.3 Å². The molecule has 1 heterocycles. The molecular weight excluding hydrogens is 376 g/mol. The van der Waals surface area contributed by atoms with Crippen LogP contribution in [0.1, 0.15) is 27.9 Å². The number of ketones is 1. The maximum absolute atomic E-state index is 13.6. The molecule has 0 unspecified atom stereocenters. The first-order valence-electron chi connectivity index (χ1n) is 9.05. The minimum Gasteiger partial charge on any atom is -0.375 e. The van der Waals surface area contributed by atoms with Crippen LogP contribution >= 0.6 is 0 Å². The molecule has 1 aliphatic heterocycles. The summed E-state index contributed by atoms with van der Waals surface area (Å²) in [5.41, 5.74) is -0.501.